The zero-order chi connectivity index (χ0) is 85.0. The molecular weight excluding hydrogens is 1860 g/mol. The van der Waals surface area contributed by atoms with E-state index in [0.717, 1.165) is 18.2 Å². The zero-order valence-electron chi connectivity index (χ0n) is 71.3. The molecule has 15 aromatic rings. The number of hydrogen-bond donors (Lipinski definition) is 1. The molecule has 0 heterocycles. The van der Waals surface area contributed by atoms with Crippen LogP contribution in [0.5, 0.6) is 0 Å². The van der Waals surface area contributed by atoms with Gasteiger partial charge in [0.1, 0.15) is 28.3 Å². The fraction of sp³-hybridized carbons (Fsp3) is 0.0660. The Hall–Kier alpha value is -7.83. The van der Waals surface area contributed by atoms with Crippen molar-refractivity contribution in [2.24, 2.45) is 0 Å². The van der Waals surface area contributed by atoms with E-state index in [-0.39, 0.29) is 131 Å². The van der Waals surface area contributed by atoms with E-state index in [2.05, 4.69) is 478 Å². The Morgan fingerprint density at radius 3 is 0.607 bits per heavy atom. The van der Waals surface area contributed by atoms with Crippen LogP contribution in [0.2, 0.25) is 39.3 Å². The van der Waals surface area contributed by atoms with Gasteiger partial charge in [-0.05, 0) is 154 Å². The summed E-state index contributed by atoms with van der Waals surface area (Å²) in [5, 5.41) is 49.6. The minimum atomic E-state index is -1.35. The number of terminal acetylenes is 1. The maximum absolute atomic E-state index is 8.84. The van der Waals surface area contributed by atoms with Gasteiger partial charge in [0.2, 0.25) is 0 Å². The first-order chi connectivity index (χ1) is 58.1. The summed E-state index contributed by atoms with van der Waals surface area (Å²) in [6.07, 6.45) is 5.13. The molecule has 0 fully saturated rings. The fourth-order valence-electron chi connectivity index (χ4n) is 11.2. The molecule has 0 radical (unpaired) electrons. The molecular formula is C106H97IK2N2O4P4PdSi2. The van der Waals surface area contributed by atoms with E-state index in [0.29, 0.717) is 16.7 Å². The average molecular weight is 1950 g/mol. The van der Waals surface area contributed by atoms with Gasteiger partial charge in [0.05, 0.1) is 11.1 Å². The SMILES string of the molecule is C#Cc1ccccc1C#N.CO.C[Si](C)(C)C#Cc1ccccc1C#N.C[Si](C)(C)C#Cc1ccccc1I.O=CO[O-].[H-].[K+].[K+].[Pd].c1ccc(P(c2ccccc2)c2ccccc2)cc1.c1ccc(P(c2ccccc2)c2ccccc2)cc1.c1ccc(P(c2ccccc2)c2ccccc2)cc1.c1ccc(P(c2ccccc2)c2ccccc2)cc1. The molecule has 0 aromatic heterocycles. The number of nitrogens with zero attached hydrogens (tertiary/aromatic N) is 2. The zero-order valence-corrected chi connectivity index (χ0v) is 85.8. The molecule has 15 aromatic carbocycles. The second kappa shape index (κ2) is 62.3. The van der Waals surface area contributed by atoms with E-state index >= 15 is 0 Å². The molecule has 6 nitrogen and oxygen atoms in total. The van der Waals surface area contributed by atoms with Crippen molar-refractivity contribution in [3.63, 3.8) is 0 Å². The van der Waals surface area contributed by atoms with Crippen LogP contribution < -0.4 is 172 Å². The normalized spacial score (nSPS) is 9.70. The van der Waals surface area contributed by atoms with Crippen LogP contribution in [-0.2, 0) is 30.1 Å². The Balaban J connectivity index is 0.000000368. The summed E-state index contributed by atoms with van der Waals surface area (Å²) in [6, 6.07) is 156. The van der Waals surface area contributed by atoms with Gasteiger partial charge in [0, 0.05) is 47.8 Å². The summed E-state index contributed by atoms with van der Waals surface area (Å²) in [5.41, 5.74) is 10.5. The maximum atomic E-state index is 8.84. The molecule has 0 aliphatic heterocycles. The second-order valence-electron chi connectivity index (χ2n) is 27.5. The van der Waals surface area contributed by atoms with E-state index in [1.165, 1.54) is 67.2 Å². The van der Waals surface area contributed by atoms with Gasteiger partial charge < -0.3 is 16.7 Å². The van der Waals surface area contributed by atoms with Crippen LogP contribution in [0.1, 0.15) is 29.2 Å². The summed E-state index contributed by atoms with van der Waals surface area (Å²) in [5.74, 6) is 8.77. The Morgan fingerprint density at radius 2 is 0.451 bits per heavy atom. The summed E-state index contributed by atoms with van der Waals surface area (Å²) < 4.78 is 1.24. The maximum Gasteiger partial charge on any atom is 1.00 e. The number of aliphatic hydroxyl groups excluding tert-OH is 1. The predicted molar refractivity (Wildman–Crippen MR) is 527 cm³/mol. The first-order valence-corrected chi connectivity index (χ1v) is 51.8. The fourth-order valence-corrected chi connectivity index (χ4v) is 21.9. The van der Waals surface area contributed by atoms with Crippen molar-refractivity contribution in [2.75, 3.05) is 7.11 Å². The number of hydrogen-bond acceptors (Lipinski definition) is 6. The first-order valence-electron chi connectivity index (χ1n) is 38.4. The number of aliphatic hydroxyl groups is 1. The number of rotatable bonds is 13. The molecule has 1 N–H and O–H groups in total. The molecule has 0 amide bonds. The van der Waals surface area contributed by atoms with Gasteiger partial charge in [-0.2, -0.15) is 10.5 Å². The molecule has 122 heavy (non-hydrogen) atoms. The molecule has 0 bridgehead atoms. The third kappa shape index (κ3) is 39.2. The van der Waals surface area contributed by atoms with Gasteiger partial charge in [0.15, 0.2) is 0 Å². The van der Waals surface area contributed by atoms with Crippen LogP contribution in [0, 0.1) is 61.5 Å². The number of nitriles is 2. The van der Waals surface area contributed by atoms with Gasteiger partial charge in [0.25, 0.3) is 6.47 Å². The summed E-state index contributed by atoms with van der Waals surface area (Å²) in [4.78, 5) is 11.2. The Bertz CT molecular complexity index is 4770. The van der Waals surface area contributed by atoms with Crippen molar-refractivity contribution < 1.29 is 145 Å². The van der Waals surface area contributed by atoms with Crippen molar-refractivity contribution in [1.82, 2.24) is 0 Å². The Kier molecular flexibility index (Phi) is 54.4. The second-order valence-corrected chi connectivity index (χ2v) is 47.0. The van der Waals surface area contributed by atoms with Crippen molar-refractivity contribution >= 4 is 141 Å². The molecule has 602 valence electrons. The van der Waals surface area contributed by atoms with Crippen molar-refractivity contribution in [3.8, 4) is 47.4 Å². The van der Waals surface area contributed by atoms with Gasteiger partial charge >= 0.3 is 103 Å². The van der Waals surface area contributed by atoms with Gasteiger partial charge in [-0.3, -0.25) is 4.79 Å². The largest absolute Gasteiger partial charge is 1.00 e. The Morgan fingerprint density at radius 1 is 0.303 bits per heavy atom. The van der Waals surface area contributed by atoms with Crippen molar-refractivity contribution in [3.05, 3.63) is 468 Å². The topological polar surface area (TPSA) is 117 Å². The van der Waals surface area contributed by atoms with Crippen LogP contribution >= 0.6 is 54.3 Å². The quantitative estimate of drug-likeness (QED) is 0.0234. The molecule has 15 rings (SSSR count). The van der Waals surface area contributed by atoms with Crippen LogP contribution in [0.25, 0.3) is 0 Å². The van der Waals surface area contributed by atoms with E-state index in [4.69, 9.17) is 32.1 Å². The van der Waals surface area contributed by atoms with Gasteiger partial charge in [-0.1, -0.05) is 457 Å². The third-order valence-corrected chi connectivity index (χ3v) is 28.9. The van der Waals surface area contributed by atoms with Gasteiger partial charge in [-0.25, -0.2) is 0 Å². The molecule has 0 saturated heterocycles. The number of benzene rings is 15. The van der Waals surface area contributed by atoms with E-state index in [1.807, 2.05) is 42.5 Å². The van der Waals surface area contributed by atoms with Crippen LogP contribution in [0.4, 0.5) is 0 Å². The molecule has 0 unspecified atom stereocenters. The summed E-state index contributed by atoms with van der Waals surface area (Å²) >= 11 is 2.32. The minimum absolute atomic E-state index is 0. The monoisotopic (exact) mass is 1950 g/mol. The number of halogens is 1. The smallest absolute Gasteiger partial charge is 1.00 e. The van der Waals surface area contributed by atoms with Crippen LogP contribution in [-0.4, -0.2) is 34.8 Å². The molecule has 16 heteroatoms. The molecule has 0 saturated carbocycles. The van der Waals surface area contributed by atoms with E-state index < -0.39 is 47.8 Å². The molecule has 0 aliphatic carbocycles. The van der Waals surface area contributed by atoms with Crippen LogP contribution in [0.15, 0.2) is 437 Å². The minimum Gasteiger partial charge on any atom is -1.00 e. The van der Waals surface area contributed by atoms with Crippen LogP contribution in [0.3, 0.4) is 0 Å². The van der Waals surface area contributed by atoms with E-state index in [9.17, 15) is 0 Å². The summed E-state index contributed by atoms with van der Waals surface area (Å²) in [6.45, 7) is 13.2. The third-order valence-electron chi connectivity index (χ3n) is 16.5. The standard InChI is InChI=1S/4C18H15P.C12H13NSi.C11H13ISi.C9H5N.CH2O3.CH4O.2K.Pd.H/c4*1-4-10-16(11-5-1)19(17-12-6-2-7-13-17)18-14-8-3-9-15-18;1-14(2,3)9-8-11-6-4-5-7-12(11)10-13;1-13(2,3)9-8-10-6-4-5-7-11(10)12;1-2-8-5-3-4-6-9(8)7-10;2-1-4-3;1-2;;;;/h4*1-15H;4-7H,1-3H3;4-7H,1-3H3;1,3-6H;1,3H;2H,1H3;;;;/q;;;;;;;;;2*+1;;-1/p-1. The van der Waals surface area contributed by atoms with Crippen molar-refractivity contribution in [1.29, 1.82) is 10.5 Å². The average Bonchev–Trinajstić information content (AvgIpc) is 0.833. The predicted octanol–water partition coefficient (Wildman–Crippen LogP) is 13.8. The number of carbonyl (C=O) groups is 1. The first kappa shape index (κ1) is 107. The van der Waals surface area contributed by atoms with E-state index in [1.54, 1.807) is 24.3 Å². The van der Waals surface area contributed by atoms with Gasteiger partial charge in [-0.15, -0.1) is 17.5 Å². The molecule has 0 aliphatic rings. The Labute approximate surface area is 846 Å². The number of carbonyl (C=O) groups excluding carboxylic acids is 1. The van der Waals surface area contributed by atoms with Crippen molar-refractivity contribution in [2.45, 2.75) is 39.3 Å². The molecule has 0 spiro atoms. The summed E-state index contributed by atoms with van der Waals surface area (Å²) in [7, 11) is -3.36. The molecule has 0 atom stereocenters.